The Labute approximate surface area is 362 Å². The maximum atomic E-state index is 14.2. The summed E-state index contributed by atoms with van der Waals surface area (Å²) in [7, 11) is -5.00. The number of hydrogen-bond acceptors (Lipinski definition) is 5. The number of thioether (sulfide) groups is 1. The first-order valence-electron chi connectivity index (χ1n) is 20.6. The van der Waals surface area contributed by atoms with E-state index in [2.05, 4.69) is 154 Å². The van der Waals surface area contributed by atoms with E-state index >= 15 is 0 Å². The van der Waals surface area contributed by atoms with E-state index in [4.69, 9.17) is 8.85 Å². The molecule has 1 aromatic heterocycles. The Morgan fingerprint density at radius 1 is 0.845 bits per heavy atom. The number of aromatic nitrogens is 1. The molecule has 0 bridgehead atoms. The molecule has 1 aliphatic heterocycles. The second kappa shape index (κ2) is 17.0. The number of likely N-dealkylation sites (tertiary alicyclic amines) is 1. The minimum atomic E-state index is -3.01. The zero-order valence-corrected chi connectivity index (χ0v) is 41.6. The fourth-order valence-corrected chi connectivity index (χ4v) is 15.9. The van der Waals surface area contributed by atoms with Gasteiger partial charge in [0.25, 0.3) is 13.9 Å². The van der Waals surface area contributed by atoms with Gasteiger partial charge in [-0.05, 0) is 70.0 Å². The number of hydrogen-bond donors (Lipinski definition) is 1. The van der Waals surface area contributed by atoms with Crippen molar-refractivity contribution in [3.8, 4) is 0 Å². The number of benzene rings is 3. The predicted molar refractivity (Wildman–Crippen MR) is 252 cm³/mol. The third-order valence-electron chi connectivity index (χ3n) is 12.9. The van der Waals surface area contributed by atoms with Crippen LogP contribution in [0, 0.1) is 10.8 Å². The summed E-state index contributed by atoms with van der Waals surface area (Å²) in [5.41, 5.74) is -1.64. The van der Waals surface area contributed by atoms with Crippen molar-refractivity contribution in [3.63, 3.8) is 0 Å². The number of amides is 1. The quantitative estimate of drug-likeness (QED) is 0.143. The van der Waals surface area contributed by atoms with Crippen molar-refractivity contribution in [1.29, 1.82) is 0 Å². The molecule has 1 amide bonds. The third kappa shape index (κ3) is 9.45. The SMILES string of the molecule is CC(C)(CO[Si](C)(C)C(C)(C)C)Cn1cc(S[C@H]2CCN(C(=O)O)[C@](CO[Si](c3ccccc3)(c3ccccc3)C(C)(C)C)(C(C)(C)C)C2)c2cc(Br)ccc2c1=O. The maximum Gasteiger partial charge on any atom is 0.407 e. The molecule has 4 aromatic rings. The summed E-state index contributed by atoms with van der Waals surface area (Å²) in [4.78, 5) is 30.3. The second-order valence-corrected chi connectivity index (χ2v) is 32.1. The van der Waals surface area contributed by atoms with Gasteiger partial charge in [-0.15, -0.1) is 11.8 Å². The van der Waals surface area contributed by atoms with E-state index in [1.807, 2.05) is 41.1 Å². The lowest BCUT2D eigenvalue weighted by Gasteiger charge is -2.57. The molecule has 1 saturated heterocycles. The summed E-state index contributed by atoms with van der Waals surface area (Å²) in [5.74, 6) is 0. The first kappa shape index (κ1) is 46.4. The lowest BCUT2D eigenvalue weighted by atomic mass is 9.68. The number of pyridine rings is 1. The zero-order valence-electron chi connectivity index (χ0n) is 37.2. The molecule has 3 aromatic carbocycles. The van der Waals surface area contributed by atoms with Crippen molar-refractivity contribution >= 4 is 71.6 Å². The Kier molecular flexibility index (Phi) is 13.6. The lowest BCUT2D eigenvalue weighted by Crippen LogP contribution is -2.71. The van der Waals surface area contributed by atoms with E-state index in [9.17, 15) is 14.7 Å². The van der Waals surface area contributed by atoms with Gasteiger partial charge in [-0.3, -0.25) is 9.69 Å². The number of halogens is 1. The monoisotopic (exact) mass is 906 g/mol. The second-order valence-electron chi connectivity index (χ2n) is 20.7. The van der Waals surface area contributed by atoms with Crippen molar-refractivity contribution in [2.24, 2.45) is 10.8 Å². The van der Waals surface area contributed by atoms with Crippen LogP contribution in [0.2, 0.25) is 23.2 Å². The molecular weight excluding hydrogens is 841 g/mol. The Morgan fingerprint density at radius 3 is 1.91 bits per heavy atom. The van der Waals surface area contributed by atoms with Gasteiger partial charge in [-0.25, -0.2) is 4.79 Å². The minimum absolute atomic E-state index is 0.0179. The van der Waals surface area contributed by atoms with Gasteiger partial charge in [0.1, 0.15) is 0 Å². The number of carboxylic acid groups (broad SMARTS) is 1. The highest BCUT2D eigenvalue weighted by molar-refractivity contribution is 9.10. The standard InChI is InChI=1S/C47H67BrN2O5SSi2/c1-43(2,3)47(33-55-58(45(7,8)9,36-20-16-14-17-21-36)37-22-18-15-19-23-37)29-35(26-27-50(47)42(52)53)56-40-30-49(41(51)38-25-24-34(48)28-39(38)40)31-46(10,11)32-54-57(12,13)44(4,5)6/h14-25,28,30,35H,26-27,29,31-33H2,1-13H3,(H,52,53)/t35-,47+/m0/s1. The number of rotatable bonds is 12. The Morgan fingerprint density at radius 2 is 1.41 bits per heavy atom. The van der Waals surface area contributed by atoms with Gasteiger partial charge < -0.3 is 18.5 Å². The number of carbonyl (C=O) groups is 1. The Hall–Kier alpha value is -2.68. The average Bonchev–Trinajstić information content (AvgIpc) is 3.12. The van der Waals surface area contributed by atoms with Gasteiger partial charge in [0.2, 0.25) is 0 Å². The van der Waals surface area contributed by atoms with E-state index in [0.717, 1.165) is 14.8 Å². The molecule has 11 heteroatoms. The van der Waals surface area contributed by atoms with Crippen LogP contribution >= 0.6 is 27.7 Å². The van der Waals surface area contributed by atoms with Crippen LogP contribution < -0.4 is 15.9 Å². The van der Waals surface area contributed by atoms with Crippen LogP contribution in [0.15, 0.2) is 99.2 Å². The summed E-state index contributed by atoms with van der Waals surface area (Å²) in [6, 6.07) is 27.0. The van der Waals surface area contributed by atoms with Crippen LogP contribution in [-0.2, 0) is 15.4 Å². The van der Waals surface area contributed by atoms with E-state index < -0.39 is 33.7 Å². The molecule has 0 spiro atoms. The molecule has 2 heterocycles. The molecule has 0 aliphatic carbocycles. The number of nitrogens with zero attached hydrogens (tertiary/aromatic N) is 2. The molecule has 0 saturated carbocycles. The highest BCUT2D eigenvalue weighted by atomic mass is 79.9. The predicted octanol–water partition coefficient (Wildman–Crippen LogP) is 11.4. The zero-order chi connectivity index (χ0) is 43.1. The van der Waals surface area contributed by atoms with Gasteiger partial charge in [0.05, 0.1) is 12.1 Å². The first-order valence-corrected chi connectivity index (χ1v) is 27.1. The van der Waals surface area contributed by atoms with Gasteiger partial charge in [0, 0.05) is 56.7 Å². The molecule has 1 aliphatic rings. The van der Waals surface area contributed by atoms with E-state index in [1.165, 1.54) is 10.4 Å². The van der Waals surface area contributed by atoms with Crippen LogP contribution in [0.3, 0.4) is 0 Å². The van der Waals surface area contributed by atoms with Crippen LogP contribution in [0.5, 0.6) is 0 Å². The van der Waals surface area contributed by atoms with Crippen molar-refractivity contribution < 1.29 is 18.8 Å². The lowest BCUT2D eigenvalue weighted by molar-refractivity contribution is -0.0528. The summed E-state index contributed by atoms with van der Waals surface area (Å²) in [5, 5.41) is 14.7. The summed E-state index contributed by atoms with van der Waals surface area (Å²) < 4.78 is 17.1. The molecule has 58 heavy (non-hydrogen) atoms. The average molecular weight is 908 g/mol. The largest absolute Gasteiger partial charge is 0.465 e. The molecule has 0 unspecified atom stereocenters. The molecular formula is C47H67BrN2O5SSi2. The van der Waals surface area contributed by atoms with Gasteiger partial charge in [-0.1, -0.05) is 153 Å². The molecule has 0 radical (unpaired) electrons. The van der Waals surface area contributed by atoms with Gasteiger partial charge in [-0.2, -0.15) is 0 Å². The fourth-order valence-electron chi connectivity index (χ4n) is 8.33. The number of fused-ring (bicyclic) bond motifs is 1. The van der Waals surface area contributed by atoms with Crippen molar-refractivity contribution in [2.75, 3.05) is 19.8 Å². The van der Waals surface area contributed by atoms with Gasteiger partial charge in [0.15, 0.2) is 8.32 Å². The Bertz CT molecular complexity index is 2080. The van der Waals surface area contributed by atoms with E-state index in [-0.39, 0.29) is 32.9 Å². The summed E-state index contributed by atoms with van der Waals surface area (Å²) in [6.45, 7) is 30.6. The molecule has 7 nitrogen and oxygen atoms in total. The molecule has 5 rings (SSSR count). The Balaban J connectivity index is 1.57. The smallest absolute Gasteiger partial charge is 0.407 e. The summed E-state index contributed by atoms with van der Waals surface area (Å²) >= 11 is 5.45. The minimum Gasteiger partial charge on any atom is -0.465 e. The first-order chi connectivity index (χ1) is 26.7. The van der Waals surface area contributed by atoms with Crippen molar-refractivity contribution in [3.05, 3.63) is 99.9 Å². The molecule has 1 fully saturated rings. The topological polar surface area (TPSA) is 81.0 Å². The van der Waals surface area contributed by atoms with E-state index in [0.29, 0.717) is 37.9 Å². The third-order valence-corrected chi connectivity index (χ3v) is 24.1. The van der Waals surface area contributed by atoms with Gasteiger partial charge >= 0.3 is 6.09 Å². The fraction of sp³-hybridized carbons (Fsp3) is 0.532. The van der Waals surface area contributed by atoms with Crippen molar-refractivity contribution in [2.45, 2.75) is 134 Å². The van der Waals surface area contributed by atoms with Crippen LogP contribution in [-0.4, -0.2) is 67.8 Å². The van der Waals surface area contributed by atoms with Crippen LogP contribution in [0.4, 0.5) is 4.79 Å². The maximum absolute atomic E-state index is 14.2. The molecule has 2 atom stereocenters. The molecule has 1 N–H and O–H groups in total. The number of piperidine rings is 1. The normalized spacial score (nSPS) is 18.8. The van der Waals surface area contributed by atoms with Crippen LogP contribution in [0.1, 0.15) is 89.0 Å². The van der Waals surface area contributed by atoms with Crippen LogP contribution in [0.25, 0.3) is 10.8 Å². The summed E-state index contributed by atoms with van der Waals surface area (Å²) in [6.07, 6.45) is 2.38. The van der Waals surface area contributed by atoms with Crippen molar-refractivity contribution in [1.82, 2.24) is 9.47 Å². The van der Waals surface area contributed by atoms with E-state index in [1.54, 1.807) is 16.7 Å². The highest BCUT2D eigenvalue weighted by Gasteiger charge is 2.57. The highest BCUT2D eigenvalue weighted by Crippen LogP contribution is 2.49. The molecule has 316 valence electrons.